The first kappa shape index (κ1) is 8.51. The quantitative estimate of drug-likeness (QED) is 0.565. The first-order chi connectivity index (χ1) is 5.33. The van der Waals surface area contributed by atoms with E-state index in [2.05, 4.69) is 22.9 Å². The number of hydrogen-bond acceptors (Lipinski definition) is 3. The van der Waals surface area contributed by atoms with Gasteiger partial charge in [0.2, 0.25) is 0 Å². The normalized spacial score (nSPS) is 21.5. The van der Waals surface area contributed by atoms with E-state index in [-0.39, 0.29) is 0 Å². The summed E-state index contributed by atoms with van der Waals surface area (Å²) in [7, 11) is 2.14. The molecule has 1 fully saturated rings. The highest BCUT2D eigenvalue weighted by Gasteiger charge is 2.12. The maximum atomic E-state index is 8.36. The lowest BCUT2D eigenvalue weighted by Crippen LogP contribution is -2.44. The second kappa shape index (κ2) is 4.32. The largest absolute Gasteiger partial charge is 0.304 e. The van der Waals surface area contributed by atoms with Gasteiger partial charge in [-0.2, -0.15) is 5.26 Å². The number of rotatable bonds is 2. The minimum atomic E-state index is 0.670. The van der Waals surface area contributed by atoms with Crippen molar-refractivity contribution in [3.63, 3.8) is 0 Å². The van der Waals surface area contributed by atoms with Crippen molar-refractivity contribution in [3.8, 4) is 6.07 Å². The molecule has 0 saturated carbocycles. The summed E-state index contributed by atoms with van der Waals surface area (Å²) in [5.74, 6) is 0. The van der Waals surface area contributed by atoms with Gasteiger partial charge in [-0.3, -0.25) is 4.90 Å². The molecule has 11 heavy (non-hydrogen) atoms. The molecule has 0 aromatic rings. The van der Waals surface area contributed by atoms with Gasteiger partial charge in [0.05, 0.1) is 6.07 Å². The van der Waals surface area contributed by atoms with Gasteiger partial charge in [-0.25, -0.2) is 0 Å². The summed E-state index contributed by atoms with van der Waals surface area (Å²) in [5, 5.41) is 8.36. The minimum Gasteiger partial charge on any atom is -0.304 e. The molecule has 1 heterocycles. The molecule has 0 aromatic heterocycles. The summed E-state index contributed by atoms with van der Waals surface area (Å²) in [4.78, 5) is 4.67. The molecule has 1 saturated heterocycles. The van der Waals surface area contributed by atoms with Crippen molar-refractivity contribution in [3.05, 3.63) is 0 Å². The SMILES string of the molecule is CN1CCN(CCC#N)CC1. The molecule has 0 bridgehead atoms. The van der Waals surface area contributed by atoms with E-state index in [1.54, 1.807) is 0 Å². The monoisotopic (exact) mass is 153 g/mol. The van der Waals surface area contributed by atoms with Crippen molar-refractivity contribution < 1.29 is 0 Å². The van der Waals surface area contributed by atoms with Crippen LogP contribution in [-0.2, 0) is 0 Å². The molecule has 0 radical (unpaired) electrons. The van der Waals surface area contributed by atoms with Gasteiger partial charge in [0.1, 0.15) is 0 Å². The fourth-order valence-electron chi connectivity index (χ4n) is 1.28. The van der Waals surface area contributed by atoms with Crippen molar-refractivity contribution in [2.75, 3.05) is 39.8 Å². The lowest BCUT2D eigenvalue weighted by Gasteiger charge is -2.31. The van der Waals surface area contributed by atoms with E-state index in [4.69, 9.17) is 5.26 Å². The fourth-order valence-corrected chi connectivity index (χ4v) is 1.28. The molecule has 0 spiro atoms. The van der Waals surface area contributed by atoms with Crippen LogP contribution in [0.15, 0.2) is 0 Å². The van der Waals surface area contributed by atoms with E-state index in [9.17, 15) is 0 Å². The molecule has 1 aliphatic heterocycles. The second-order valence-electron chi connectivity index (χ2n) is 3.05. The Balaban J connectivity index is 2.13. The standard InChI is InChI=1S/C8H15N3/c1-10-5-7-11(8-6-10)4-2-3-9/h2,4-8H2,1H3. The number of likely N-dealkylation sites (N-methyl/N-ethyl adjacent to an activating group) is 1. The molecule has 0 amide bonds. The molecule has 1 aliphatic rings. The Labute approximate surface area is 68.2 Å². The van der Waals surface area contributed by atoms with Crippen LogP contribution < -0.4 is 0 Å². The molecule has 0 unspecified atom stereocenters. The van der Waals surface area contributed by atoms with Crippen LogP contribution in [0.3, 0.4) is 0 Å². The van der Waals surface area contributed by atoms with E-state index in [1.165, 1.54) is 0 Å². The third kappa shape index (κ3) is 2.87. The van der Waals surface area contributed by atoms with Gasteiger partial charge in [0.15, 0.2) is 0 Å². The Bertz CT molecular complexity index is 142. The molecule has 1 rings (SSSR count). The van der Waals surface area contributed by atoms with E-state index in [0.29, 0.717) is 6.42 Å². The molecule has 3 heteroatoms. The second-order valence-corrected chi connectivity index (χ2v) is 3.05. The van der Waals surface area contributed by atoms with Gasteiger partial charge in [-0.05, 0) is 7.05 Å². The molecule has 0 aromatic carbocycles. The van der Waals surface area contributed by atoms with Crippen LogP contribution in [-0.4, -0.2) is 49.6 Å². The smallest absolute Gasteiger partial charge is 0.0635 e. The van der Waals surface area contributed by atoms with E-state index in [1.807, 2.05) is 0 Å². The van der Waals surface area contributed by atoms with Crippen LogP contribution in [0.1, 0.15) is 6.42 Å². The van der Waals surface area contributed by atoms with Crippen molar-refractivity contribution in [2.45, 2.75) is 6.42 Å². The summed E-state index contributed by atoms with van der Waals surface area (Å²) in [6.07, 6.45) is 0.670. The number of nitriles is 1. The molecular formula is C8H15N3. The summed E-state index contributed by atoms with van der Waals surface area (Å²) >= 11 is 0. The third-order valence-electron chi connectivity index (χ3n) is 2.14. The van der Waals surface area contributed by atoms with Crippen LogP contribution in [0.5, 0.6) is 0 Å². The van der Waals surface area contributed by atoms with Crippen LogP contribution in [0, 0.1) is 11.3 Å². The lowest BCUT2D eigenvalue weighted by atomic mass is 10.3. The Hall–Kier alpha value is -0.590. The van der Waals surface area contributed by atoms with Gasteiger partial charge in [-0.1, -0.05) is 0 Å². The molecule has 3 nitrogen and oxygen atoms in total. The van der Waals surface area contributed by atoms with Crippen LogP contribution >= 0.6 is 0 Å². The van der Waals surface area contributed by atoms with Gasteiger partial charge in [0, 0.05) is 39.1 Å². The average molecular weight is 153 g/mol. The van der Waals surface area contributed by atoms with Gasteiger partial charge < -0.3 is 4.90 Å². The first-order valence-corrected chi connectivity index (χ1v) is 4.11. The van der Waals surface area contributed by atoms with Crippen molar-refractivity contribution >= 4 is 0 Å². The Morgan fingerprint density at radius 1 is 1.27 bits per heavy atom. The highest BCUT2D eigenvalue weighted by molar-refractivity contribution is 4.75. The highest BCUT2D eigenvalue weighted by atomic mass is 15.2. The van der Waals surface area contributed by atoms with Gasteiger partial charge in [-0.15, -0.1) is 0 Å². The van der Waals surface area contributed by atoms with Crippen molar-refractivity contribution in [1.82, 2.24) is 9.80 Å². The summed E-state index contributed by atoms with van der Waals surface area (Å²) < 4.78 is 0. The maximum Gasteiger partial charge on any atom is 0.0635 e. The Morgan fingerprint density at radius 3 is 2.45 bits per heavy atom. The zero-order chi connectivity index (χ0) is 8.10. The van der Waals surface area contributed by atoms with Gasteiger partial charge in [0.25, 0.3) is 0 Å². The van der Waals surface area contributed by atoms with Crippen LogP contribution in [0.25, 0.3) is 0 Å². The van der Waals surface area contributed by atoms with E-state index in [0.717, 1.165) is 32.7 Å². The Kier molecular flexibility index (Phi) is 3.34. The third-order valence-corrected chi connectivity index (χ3v) is 2.14. The summed E-state index contributed by atoms with van der Waals surface area (Å²) in [6, 6.07) is 2.17. The van der Waals surface area contributed by atoms with Crippen molar-refractivity contribution in [1.29, 1.82) is 5.26 Å². The Morgan fingerprint density at radius 2 is 1.91 bits per heavy atom. The highest BCUT2D eigenvalue weighted by Crippen LogP contribution is 1.98. The number of hydrogen-bond donors (Lipinski definition) is 0. The summed E-state index contributed by atoms with van der Waals surface area (Å²) in [5.41, 5.74) is 0. The number of nitrogens with zero attached hydrogens (tertiary/aromatic N) is 3. The van der Waals surface area contributed by atoms with Crippen LogP contribution in [0.4, 0.5) is 0 Å². The van der Waals surface area contributed by atoms with Gasteiger partial charge >= 0.3 is 0 Å². The predicted molar refractivity (Wildman–Crippen MR) is 44.2 cm³/mol. The lowest BCUT2D eigenvalue weighted by molar-refractivity contribution is 0.156. The van der Waals surface area contributed by atoms with E-state index >= 15 is 0 Å². The topological polar surface area (TPSA) is 30.3 Å². The molecule has 0 atom stereocenters. The average Bonchev–Trinajstić information content (AvgIpc) is 2.04. The molecular weight excluding hydrogens is 138 g/mol. The maximum absolute atomic E-state index is 8.36. The van der Waals surface area contributed by atoms with E-state index < -0.39 is 0 Å². The molecule has 62 valence electrons. The van der Waals surface area contributed by atoms with Crippen LogP contribution in [0.2, 0.25) is 0 Å². The minimum absolute atomic E-state index is 0.670. The van der Waals surface area contributed by atoms with Crippen molar-refractivity contribution in [2.24, 2.45) is 0 Å². The predicted octanol–water partition coefficient (Wildman–Crippen LogP) is 0.147. The zero-order valence-electron chi connectivity index (χ0n) is 7.08. The zero-order valence-corrected chi connectivity index (χ0v) is 7.08. The number of piperazine rings is 1. The molecule has 0 N–H and O–H groups in total. The summed E-state index contributed by atoms with van der Waals surface area (Å²) in [6.45, 7) is 5.48. The fraction of sp³-hybridized carbons (Fsp3) is 0.875. The molecule has 0 aliphatic carbocycles. The first-order valence-electron chi connectivity index (χ1n) is 4.11.